The van der Waals surface area contributed by atoms with E-state index in [-0.39, 0.29) is 11.4 Å². The minimum absolute atomic E-state index is 0.0352. The molecule has 130 valence electrons. The van der Waals surface area contributed by atoms with E-state index in [0.717, 1.165) is 6.07 Å². The number of benzene rings is 3. The second kappa shape index (κ2) is 5.91. The van der Waals surface area contributed by atoms with Crippen LogP contribution in [0, 0.1) is 0 Å². The highest BCUT2D eigenvalue weighted by atomic mass is 19.4. The molecule has 0 aliphatic carbocycles. The molecule has 0 saturated carbocycles. The monoisotopic (exact) mass is 354 g/mol. The zero-order valence-corrected chi connectivity index (χ0v) is 13.4. The third kappa shape index (κ3) is 2.69. The van der Waals surface area contributed by atoms with Gasteiger partial charge in [-0.25, -0.2) is 4.98 Å². The van der Waals surface area contributed by atoms with Crippen LogP contribution in [0.4, 0.5) is 13.2 Å². The summed E-state index contributed by atoms with van der Waals surface area (Å²) in [6.45, 7) is 0. The minimum atomic E-state index is -4.52. The molecule has 1 aromatic heterocycles. The molecule has 1 N–H and O–H groups in total. The molecule has 0 unspecified atom stereocenters. The molecule has 4 aromatic rings. The number of alkyl halides is 3. The van der Waals surface area contributed by atoms with Gasteiger partial charge in [0.2, 0.25) is 0 Å². The van der Waals surface area contributed by atoms with Crippen LogP contribution in [0.5, 0.6) is 5.75 Å². The number of fused-ring (bicyclic) bond motifs is 1. The summed E-state index contributed by atoms with van der Waals surface area (Å²) in [6.07, 6.45) is -4.52. The van der Waals surface area contributed by atoms with Crippen LogP contribution in [0.15, 0.2) is 72.8 Å². The normalized spacial score (nSPS) is 11.8. The van der Waals surface area contributed by atoms with Crippen LogP contribution in [-0.4, -0.2) is 14.7 Å². The Labute approximate surface area is 147 Å². The summed E-state index contributed by atoms with van der Waals surface area (Å²) in [5, 5.41) is 9.85. The Bertz CT molecular complexity index is 1090. The van der Waals surface area contributed by atoms with Crippen molar-refractivity contribution in [2.24, 2.45) is 0 Å². The van der Waals surface area contributed by atoms with Gasteiger partial charge in [0.05, 0.1) is 22.3 Å². The van der Waals surface area contributed by atoms with Crippen LogP contribution >= 0.6 is 0 Å². The van der Waals surface area contributed by atoms with Gasteiger partial charge < -0.3 is 5.11 Å². The molecule has 0 saturated heterocycles. The first kappa shape index (κ1) is 16.2. The molecule has 0 atom stereocenters. The second-order valence-electron chi connectivity index (χ2n) is 5.82. The topological polar surface area (TPSA) is 38.1 Å². The number of aromatic nitrogens is 2. The molecule has 0 radical (unpaired) electrons. The van der Waals surface area contributed by atoms with Crippen LogP contribution in [0.1, 0.15) is 5.56 Å². The number of imidazole rings is 1. The van der Waals surface area contributed by atoms with Crippen LogP contribution in [-0.2, 0) is 6.18 Å². The fourth-order valence-corrected chi connectivity index (χ4v) is 3.00. The molecule has 6 heteroatoms. The van der Waals surface area contributed by atoms with Crippen molar-refractivity contribution in [3.63, 3.8) is 0 Å². The zero-order chi connectivity index (χ0) is 18.3. The molecule has 3 aromatic carbocycles. The standard InChI is InChI=1S/C20H13F3N2O/c21-20(22,23)15-8-4-5-9-17(15)25-18-12-14(26)10-11-16(18)24-19(25)13-6-2-1-3-7-13/h1-12,26H. The molecule has 0 bridgehead atoms. The summed E-state index contributed by atoms with van der Waals surface area (Å²) in [4.78, 5) is 4.51. The lowest BCUT2D eigenvalue weighted by molar-refractivity contribution is -0.137. The predicted molar refractivity (Wildman–Crippen MR) is 93.2 cm³/mol. The first-order valence-corrected chi connectivity index (χ1v) is 7.88. The number of phenolic OH excluding ortho intramolecular Hbond substituents is 1. The largest absolute Gasteiger partial charge is 0.508 e. The predicted octanol–water partition coefficient (Wildman–Crippen LogP) is 5.42. The van der Waals surface area contributed by atoms with E-state index in [9.17, 15) is 18.3 Å². The Hall–Kier alpha value is -3.28. The van der Waals surface area contributed by atoms with Crippen LogP contribution in [0.3, 0.4) is 0 Å². The SMILES string of the molecule is Oc1ccc2nc(-c3ccccc3)n(-c3ccccc3C(F)(F)F)c2c1. The van der Waals surface area contributed by atoms with E-state index >= 15 is 0 Å². The molecule has 0 aliphatic heterocycles. The second-order valence-corrected chi connectivity index (χ2v) is 5.82. The highest BCUT2D eigenvalue weighted by Crippen LogP contribution is 2.38. The third-order valence-electron chi connectivity index (χ3n) is 4.12. The third-order valence-corrected chi connectivity index (χ3v) is 4.12. The van der Waals surface area contributed by atoms with Gasteiger partial charge >= 0.3 is 6.18 Å². The number of aromatic hydroxyl groups is 1. The van der Waals surface area contributed by atoms with E-state index in [1.54, 1.807) is 36.4 Å². The summed E-state index contributed by atoms with van der Waals surface area (Å²) in [7, 11) is 0. The van der Waals surface area contributed by atoms with Gasteiger partial charge in [0.25, 0.3) is 0 Å². The van der Waals surface area contributed by atoms with Crippen LogP contribution in [0.2, 0.25) is 0 Å². The van der Waals surface area contributed by atoms with Crippen molar-refractivity contribution >= 4 is 11.0 Å². The average Bonchev–Trinajstić information content (AvgIpc) is 3.00. The maximum Gasteiger partial charge on any atom is 0.418 e. The van der Waals surface area contributed by atoms with Crippen molar-refractivity contribution in [1.29, 1.82) is 0 Å². The maximum atomic E-state index is 13.6. The van der Waals surface area contributed by atoms with Gasteiger partial charge in [0.1, 0.15) is 11.6 Å². The van der Waals surface area contributed by atoms with E-state index in [0.29, 0.717) is 22.4 Å². The van der Waals surface area contributed by atoms with Gasteiger partial charge in [-0.2, -0.15) is 13.2 Å². The molecule has 3 nitrogen and oxygen atoms in total. The molecule has 26 heavy (non-hydrogen) atoms. The van der Waals surface area contributed by atoms with Gasteiger partial charge in [-0.15, -0.1) is 0 Å². The summed E-state index contributed by atoms with van der Waals surface area (Å²) >= 11 is 0. The van der Waals surface area contributed by atoms with E-state index in [1.165, 1.54) is 28.8 Å². The Morgan fingerprint density at radius 3 is 2.27 bits per heavy atom. The smallest absolute Gasteiger partial charge is 0.418 e. The molecule has 4 rings (SSSR count). The molecule has 0 aliphatic rings. The lowest BCUT2D eigenvalue weighted by Gasteiger charge is -2.16. The molecule has 1 heterocycles. The highest BCUT2D eigenvalue weighted by molar-refractivity contribution is 5.84. The van der Waals surface area contributed by atoms with Gasteiger partial charge in [0.15, 0.2) is 0 Å². The Kier molecular flexibility index (Phi) is 3.68. The summed E-state index contributed by atoms with van der Waals surface area (Å²) in [5.41, 5.74) is 0.783. The van der Waals surface area contributed by atoms with E-state index in [2.05, 4.69) is 4.98 Å². The van der Waals surface area contributed by atoms with Crippen molar-refractivity contribution in [3.8, 4) is 22.8 Å². The molecule has 0 amide bonds. The Morgan fingerprint density at radius 2 is 1.54 bits per heavy atom. The van der Waals surface area contributed by atoms with Crippen LogP contribution in [0.25, 0.3) is 28.1 Å². The van der Waals surface area contributed by atoms with E-state index < -0.39 is 11.7 Å². The average molecular weight is 354 g/mol. The molecule has 0 fully saturated rings. The number of hydrogen-bond acceptors (Lipinski definition) is 2. The number of rotatable bonds is 2. The number of halogens is 3. The summed E-state index contributed by atoms with van der Waals surface area (Å²) < 4.78 is 42.1. The lowest BCUT2D eigenvalue weighted by Crippen LogP contribution is -2.11. The van der Waals surface area contributed by atoms with Crippen LogP contribution < -0.4 is 0 Å². The quantitative estimate of drug-likeness (QED) is 0.522. The lowest BCUT2D eigenvalue weighted by atomic mass is 10.1. The van der Waals surface area contributed by atoms with Crippen molar-refractivity contribution in [2.75, 3.05) is 0 Å². The summed E-state index contributed by atoms with van der Waals surface area (Å²) in [5.74, 6) is 0.339. The van der Waals surface area contributed by atoms with Crippen molar-refractivity contribution < 1.29 is 18.3 Å². The maximum absolute atomic E-state index is 13.6. The van der Waals surface area contributed by atoms with Gasteiger partial charge in [-0.05, 0) is 24.3 Å². The number of nitrogens with zero attached hydrogens (tertiary/aromatic N) is 2. The zero-order valence-electron chi connectivity index (χ0n) is 13.4. The summed E-state index contributed by atoms with van der Waals surface area (Å²) in [6, 6.07) is 18.8. The Morgan fingerprint density at radius 1 is 0.846 bits per heavy atom. The van der Waals surface area contributed by atoms with Crippen molar-refractivity contribution in [3.05, 3.63) is 78.4 Å². The number of phenols is 1. The fourth-order valence-electron chi connectivity index (χ4n) is 3.00. The first-order chi connectivity index (χ1) is 12.4. The van der Waals surface area contributed by atoms with Gasteiger partial charge in [0, 0.05) is 11.6 Å². The fraction of sp³-hybridized carbons (Fsp3) is 0.0500. The first-order valence-electron chi connectivity index (χ1n) is 7.88. The van der Waals surface area contributed by atoms with Crippen molar-refractivity contribution in [1.82, 2.24) is 9.55 Å². The van der Waals surface area contributed by atoms with E-state index in [4.69, 9.17) is 0 Å². The minimum Gasteiger partial charge on any atom is -0.508 e. The molecule has 0 spiro atoms. The molecular weight excluding hydrogens is 341 g/mol. The van der Waals surface area contributed by atoms with E-state index in [1.807, 2.05) is 6.07 Å². The van der Waals surface area contributed by atoms with Gasteiger partial charge in [-0.3, -0.25) is 4.57 Å². The Balaban J connectivity index is 2.11. The van der Waals surface area contributed by atoms with Gasteiger partial charge in [-0.1, -0.05) is 42.5 Å². The number of para-hydroxylation sites is 1. The number of hydrogen-bond donors (Lipinski definition) is 1. The highest BCUT2D eigenvalue weighted by Gasteiger charge is 2.34. The molecular formula is C20H13F3N2O. The van der Waals surface area contributed by atoms with Crippen molar-refractivity contribution in [2.45, 2.75) is 6.18 Å².